The molecule has 0 saturated carbocycles. The quantitative estimate of drug-likeness (QED) is 0.742. The normalized spacial score (nSPS) is 17.0. The Morgan fingerprint density at radius 1 is 1.29 bits per heavy atom. The zero-order valence-corrected chi connectivity index (χ0v) is 11.8. The minimum Gasteiger partial charge on any atom is -0.327 e. The molecule has 1 aliphatic heterocycles. The monoisotopic (exact) mass is 238 g/mol. The Hall–Kier alpha value is -1.51. The molecule has 1 N–H and O–H groups in total. The first-order valence-electron chi connectivity index (χ1n) is 6.18. The highest BCUT2D eigenvalue weighted by molar-refractivity contribution is 5.77. The van der Waals surface area contributed by atoms with Gasteiger partial charge in [0.05, 0.1) is 0 Å². The van der Waals surface area contributed by atoms with Gasteiger partial charge in [0.1, 0.15) is 0 Å². The highest BCUT2D eigenvalue weighted by Crippen LogP contribution is 2.14. The van der Waals surface area contributed by atoms with Crippen molar-refractivity contribution in [3.05, 3.63) is 36.6 Å². The van der Waals surface area contributed by atoms with E-state index < -0.39 is 0 Å². The zero-order valence-electron chi connectivity index (χ0n) is 11.8. The van der Waals surface area contributed by atoms with Gasteiger partial charge in [-0.25, -0.2) is 4.79 Å². The molecule has 0 unspecified atom stereocenters. The fourth-order valence-electron chi connectivity index (χ4n) is 1.17. The van der Waals surface area contributed by atoms with Gasteiger partial charge in [0.15, 0.2) is 0 Å². The van der Waals surface area contributed by atoms with Crippen LogP contribution in [0.2, 0.25) is 0 Å². The van der Waals surface area contributed by atoms with Gasteiger partial charge in [0.25, 0.3) is 0 Å². The van der Waals surface area contributed by atoms with E-state index >= 15 is 0 Å². The lowest BCUT2D eigenvalue weighted by atomic mass is 10.1. The molecule has 0 spiro atoms. The van der Waals surface area contributed by atoms with Gasteiger partial charge in [-0.05, 0) is 12.0 Å². The highest BCUT2D eigenvalue weighted by Gasteiger charge is 2.16. The van der Waals surface area contributed by atoms with Crippen LogP contribution in [0.25, 0.3) is 0 Å². The van der Waals surface area contributed by atoms with Gasteiger partial charge in [-0.2, -0.15) is 0 Å². The number of hydrogen-bond donors (Lipinski definition) is 1. The maximum atomic E-state index is 11.3. The van der Waals surface area contributed by atoms with Crippen molar-refractivity contribution in [1.82, 2.24) is 10.2 Å². The molecule has 0 aromatic heterocycles. The second-order valence-corrected chi connectivity index (χ2v) is 3.01. The van der Waals surface area contributed by atoms with Crippen LogP contribution in [-0.2, 0) is 0 Å². The molecule has 1 saturated heterocycles. The summed E-state index contributed by atoms with van der Waals surface area (Å²) >= 11 is 0. The van der Waals surface area contributed by atoms with Gasteiger partial charge in [-0.1, -0.05) is 53.0 Å². The number of hydrogen-bond acceptors (Lipinski definition) is 1. The minimum absolute atomic E-state index is 0.0996. The van der Waals surface area contributed by atoms with Gasteiger partial charge in [-0.3, -0.25) is 0 Å². The summed E-state index contributed by atoms with van der Waals surface area (Å²) in [5, 5.41) is 2.70. The van der Waals surface area contributed by atoms with E-state index in [1.807, 2.05) is 33.8 Å². The Morgan fingerprint density at radius 3 is 2.29 bits per heavy atom. The molecule has 98 valence electrons. The SMILES string of the molecule is C=C/C=C1/CCN(C)C(=O)NC1=C.CC.CC. The van der Waals surface area contributed by atoms with Crippen molar-refractivity contribution in [2.45, 2.75) is 34.1 Å². The number of rotatable bonds is 1. The molecule has 1 fully saturated rings. The topological polar surface area (TPSA) is 32.3 Å². The number of carbonyl (C=O) groups is 1. The third kappa shape index (κ3) is 6.61. The Labute approximate surface area is 106 Å². The van der Waals surface area contributed by atoms with E-state index in [2.05, 4.69) is 18.5 Å². The van der Waals surface area contributed by atoms with Crippen LogP contribution in [0.15, 0.2) is 36.6 Å². The van der Waals surface area contributed by atoms with E-state index in [0.29, 0.717) is 12.2 Å². The van der Waals surface area contributed by atoms with Crippen molar-refractivity contribution in [2.24, 2.45) is 0 Å². The molecule has 0 aromatic carbocycles. The number of amides is 2. The van der Waals surface area contributed by atoms with E-state index in [1.54, 1.807) is 18.0 Å². The number of carbonyl (C=O) groups excluding carboxylic acids is 1. The number of urea groups is 1. The van der Waals surface area contributed by atoms with Gasteiger partial charge in [-0.15, -0.1) is 0 Å². The van der Waals surface area contributed by atoms with Crippen molar-refractivity contribution in [3.63, 3.8) is 0 Å². The number of nitrogens with zero attached hydrogens (tertiary/aromatic N) is 1. The van der Waals surface area contributed by atoms with Crippen LogP contribution >= 0.6 is 0 Å². The van der Waals surface area contributed by atoms with Crippen molar-refractivity contribution in [1.29, 1.82) is 0 Å². The first-order valence-corrected chi connectivity index (χ1v) is 6.18. The predicted molar refractivity (Wildman–Crippen MR) is 75.9 cm³/mol. The lowest BCUT2D eigenvalue weighted by molar-refractivity contribution is 0.215. The average molecular weight is 238 g/mol. The molecule has 1 rings (SSSR count). The molecule has 2 amide bonds. The molecule has 0 atom stereocenters. The van der Waals surface area contributed by atoms with E-state index in [4.69, 9.17) is 0 Å². The number of nitrogens with one attached hydrogen (secondary N) is 1. The molecule has 0 bridgehead atoms. The van der Waals surface area contributed by atoms with Crippen LogP contribution < -0.4 is 5.32 Å². The third-order valence-electron chi connectivity index (χ3n) is 2.03. The van der Waals surface area contributed by atoms with Crippen molar-refractivity contribution in [2.75, 3.05) is 13.6 Å². The summed E-state index contributed by atoms with van der Waals surface area (Å²) in [4.78, 5) is 12.9. The molecule has 17 heavy (non-hydrogen) atoms. The van der Waals surface area contributed by atoms with E-state index in [1.165, 1.54) is 0 Å². The fourth-order valence-corrected chi connectivity index (χ4v) is 1.17. The first kappa shape index (κ1) is 17.9. The maximum absolute atomic E-state index is 11.3. The lowest BCUT2D eigenvalue weighted by Crippen LogP contribution is -2.34. The molecular formula is C14H26N2O. The van der Waals surface area contributed by atoms with Crippen LogP contribution in [-0.4, -0.2) is 24.5 Å². The van der Waals surface area contributed by atoms with E-state index in [9.17, 15) is 4.79 Å². The van der Waals surface area contributed by atoms with Crippen LogP contribution in [0.5, 0.6) is 0 Å². The van der Waals surface area contributed by atoms with Gasteiger partial charge in [0.2, 0.25) is 0 Å². The molecule has 0 radical (unpaired) electrons. The van der Waals surface area contributed by atoms with Crippen molar-refractivity contribution < 1.29 is 4.79 Å². The standard InChI is InChI=1S/C10H14N2O.2C2H6/c1-4-5-9-6-7-12(3)10(13)11-8(9)2;2*1-2/h4-5H,1-2,6-7H2,3H3,(H,11,13);2*1-2H3/b9-5-;;. The van der Waals surface area contributed by atoms with Crippen molar-refractivity contribution >= 4 is 6.03 Å². The Bertz CT molecular complexity index is 280. The summed E-state index contributed by atoms with van der Waals surface area (Å²) in [5.41, 5.74) is 1.71. The van der Waals surface area contributed by atoms with Crippen LogP contribution in [0.4, 0.5) is 4.79 Å². The van der Waals surface area contributed by atoms with E-state index in [0.717, 1.165) is 12.0 Å². The number of allylic oxidation sites excluding steroid dienone is 3. The summed E-state index contributed by atoms with van der Waals surface area (Å²) in [6.07, 6.45) is 4.40. The molecule has 3 heteroatoms. The highest BCUT2D eigenvalue weighted by atomic mass is 16.2. The third-order valence-corrected chi connectivity index (χ3v) is 2.03. The summed E-state index contributed by atoms with van der Waals surface area (Å²) in [6, 6.07) is -0.0996. The molecule has 0 aromatic rings. The van der Waals surface area contributed by atoms with Crippen LogP contribution in [0.3, 0.4) is 0 Å². The molecule has 1 heterocycles. The van der Waals surface area contributed by atoms with Crippen LogP contribution in [0, 0.1) is 0 Å². The average Bonchev–Trinajstić information content (AvgIpc) is 2.48. The zero-order chi connectivity index (χ0) is 13.8. The van der Waals surface area contributed by atoms with Gasteiger partial charge >= 0.3 is 6.03 Å². The van der Waals surface area contributed by atoms with E-state index in [-0.39, 0.29) is 6.03 Å². The minimum atomic E-state index is -0.0996. The second kappa shape index (κ2) is 11.0. The largest absolute Gasteiger partial charge is 0.327 e. The maximum Gasteiger partial charge on any atom is 0.321 e. The summed E-state index contributed by atoms with van der Waals surface area (Å²) in [7, 11) is 1.76. The Kier molecular flexibility index (Phi) is 11.6. The van der Waals surface area contributed by atoms with Crippen molar-refractivity contribution in [3.8, 4) is 0 Å². The summed E-state index contributed by atoms with van der Waals surface area (Å²) in [5.74, 6) is 0. The smallest absolute Gasteiger partial charge is 0.321 e. The molecule has 0 aliphatic carbocycles. The first-order chi connectivity index (χ1) is 8.15. The predicted octanol–water partition coefficient (Wildman–Crippen LogP) is 3.71. The Balaban J connectivity index is 0. The van der Waals surface area contributed by atoms with Crippen LogP contribution in [0.1, 0.15) is 34.1 Å². The molecular weight excluding hydrogens is 212 g/mol. The fraction of sp³-hybridized carbons (Fsp3) is 0.500. The summed E-state index contributed by atoms with van der Waals surface area (Å²) < 4.78 is 0. The lowest BCUT2D eigenvalue weighted by Gasteiger charge is -2.12. The molecule has 1 aliphatic rings. The Morgan fingerprint density at radius 2 is 1.82 bits per heavy atom. The second-order valence-electron chi connectivity index (χ2n) is 3.01. The summed E-state index contributed by atoms with van der Waals surface area (Å²) in [6.45, 7) is 16.1. The van der Waals surface area contributed by atoms with Gasteiger partial charge in [0, 0.05) is 19.3 Å². The molecule has 3 nitrogen and oxygen atoms in total. The van der Waals surface area contributed by atoms with Gasteiger partial charge < -0.3 is 10.2 Å².